The molecule has 0 aliphatic carbocycles. The molecular weight excluding hydrogens is 350 g/mol. The largest absolute Gasteiger partial charge is 0.480 e. The number of aliphatic carboxylic acids is 1. The maximum absolute atomic E-state index is 11.7. The van der Waals surface area contributed by atoms with E-state index in [4.69, 9.17) is 21.3 Å². The number of rotatable bonds is 6. The third-order valence-electron chi connectivity index (χ3n) is 2.95. The van der Waals surface area contributed by atoms with Gasteiger partial charge in [0.25, 0.3) is 10.1 Å². The SMILES string of the molecule is CN[C@@H](CNC(=O)Nc1cc(Cl)c(C)c(S(=O)(=O)O)c1)C(=O)O. The summed E-state index contributed by atoms with van der Waals surface area (Å²) >= 11 is 5.87. The molecule has 23 heavy (non-hydrogen) atoms. The van der Waals surface area contributed by atoms with Crippen LogP contribution in [0.2, 0.25) is 5.02 Å². The molecule has 128 valence electrons. The zero-order chi connectivity index (χ0) is 17.8. The third-order valence-corrected chi connectivity index (χ3v) is 4.32. The molecule has 1 aromatic rings. The predicted octanol–water partition coefficient (Wildman–Crippen LogP) is 0.689. The molecule has 0 unspecified atom stereocenters. The van der Waals surface area contributed by atoms with E-state index in [9.17, 15) is 18.0 Å². The fourth-order valence-electron chi connectivity index (χ4n) is 1.68. The number of urea groups is 1. The van der Waals surface area contributed by atoms with Crippen molar-refractivity contribution in [2.45, 2.75) is 17.9 Å². The van der Waals surface area contributed by atoms with Gasteiger partial charge in [-0.3, -0.25) is 9.35 Å². The van der Waals surface area contributed by atoms with Crippen LogP contribution >= 0.6 is 11.6 Å². The standard InChI is InChI=1S/C12H16ClN3O6S/c1-6-8(13)3-7(4-10(6)23(20,21)22)16-12(19)15-5-9(14-2)11(17)18/h3-4,9,14H,5H2,1-2H3,(H,17,18)(H2,15,16,19)(H,20,21,22)/t9-/m0/s1. The van der Waals surface area contributed by atoms with Crippen LogP contribution in [0.5, 0.6) is 0 Å². The molecule has 2 amide bonds. The van der Waals surface area contributed by atoms with Crippen molar-refractivity contribution in [3.63, 3.8) is 0 Å². The van der Waals surface area contributed by atoms with Crippen LogP contribution in [0.1, 0.15) is 5.56 Å². The summed E-state index contributed by atoms with van der Waals surface area (Å²) in [4.78, 5) is 22.1. The maximum atomic E-state index is 11.7. The number of carbonyl (C=O) groups excluding carboxylic acids is 1. The summed E-state index contributed by atoms with van der Waals surface area (Å²) in [5.41, 5.74) is 0.170. The molecule has 0 aliphatic heterocycles. The van der Waals surface area contributed by atoms with Gasteiger partial charge in [0, 0.05) is 17.3 Å². The molecule has 0 saturated carbocycles. The lowest BCUT2D eigenvalue weighted by molar-refractivity contribution is -0.139. The molecule has 0 fully saturated rings. The minimum absolute atomic E-state index is 0.0297. The maximum Gasteiger partial charge on any atom is 0.322 e. The Morgan fingerprint density at radius 2 is 1.96 bits per heavy atom. The molecule has 0 spiro atoms. The average Bonchev–Trinajstić information content (AvgIpc) is 2.41. The number of anilines is 1. The van der Waals surface area contributed by atoms with Crippen LogP contribution < -0.4 is 16.0 Å². The fourth-order valence-corrected chi connectivity index (χ4v) is 2.72. The second-order valence-corrected chi connectivity index (χ2v) is 6.37. The number of carbonyl (C=O) groups is 2. The van der Waals surface area contributed by atoms with Crippen molar-refractivity contribution in [1.82, 2.24) is 10.6 Å². The number of hydrogen-bond donors (Lipinski definition) is 5. The van der Waals surface area contributed by atoms with E-state index in [1.165, 1.54) is 20.0 Å². The summed E-state index contributed by atoms with van der Waals surface area (Å²) in [6.45, 7) is 1.21. The van der Waals surface area contributed by atoms with Crippen LogP contribution in [0.4, 0.5) is 10.5 Å². The van der Waals surface area contributed by atoms with E-state index in [0.29, 0.717) is 0 Å². The van der Waals surface area contributed by atoms with Gasteiger partial charge in [0.2, 0.25) is 0 Å². The Kier molecular flexibility index (Phi) is 6.33. The van der Waals surface area contributed by atoms with Crippen molar-refractivity contribution >= 4 is 39.4 Å². The van der Waals surface area contributed by atoms with Crippen LogP contribution in [0.25, 0.3) is 0 Å². The lowest BCUT2D eigenvalue weighted by Gasteiger charge is -2.14. The summed E-state index contributed by atoms with van der Waals surface area (Å²) in [6, 6.07) is 0.615. The molecule has 0 aromatic heterocycles. The molecule has 11 heteroatoms. The molecule has 0 heterocycles. The number of halogens is 1. The van der Waals surface area contributed by atoms with Gasteiger partial charge >= 0.3 is 12.0 Å². The van der Waals surface area contributed by atoms with Gasteiger partial charge in [-0.2, -0.15) is 8.42 Å². The van der Waals surface area contributed by atoms with E-state index in [1.54, 1.807) is 0 Å². The third kappa shape index (κ3) is 5.36. The Balaban J connectivity index is 2.87. The normalized spacial score (nSPS) is 12.5. The van der Waals surface area contributed by atoms with Crippen LogP contribution in [0.3, 0.4) is 0 Å². The van der Waals surface area contributed by atoms with E-state index in [0.717, 1.165) is 6.07 Å². The van der Waals surface area contributed by atoms with E-state index in [2.05, 4.69) is 16.0 Å². The number of nitrogens with one attached hydrogen (secondary N) is 3. The van der Waals surface area contributed by atoms with Gasteiger partial charge in [0.05, 0.1) is 0 Å². The van der Waals surface area contributed by atoms with E-state index >= 15 is 0 Å². The molecule has 1 rings (SSSR count). The molecule has 0 aliphatic rings. The lowest BCUT2D eigenvalue weighted by Crippen LogP contribution is -2.45. The molecule has 0 saturated heterocycles. The highest BCUT2D eigenvalue weighted by molar-refractivity contribution is 7.85. The molecular formula is C12H16ClN3O6S. The summed E-state index contributed by atoms with van der Waals surface area (Å²) in [5.74, 6) is -1.14. The Hall–Kier alpha value is -1.88. The number of carboxylic acid groups (broad SMARTS) is 1. The van der Waals surface area contributed by atoms with E-state index in [-0.39, 0.29) is 22.8 Å². The first-order chi connectivity index (χ1) is 10.6. The number of likely N-dealkylation sites (N-methyl/N-ethyl adjacent to an activating group) is 1. The van der Waals surface area contributed by atoms with Crippen LogP contribution in [-0.2, 0) is 14.9 Å². The molecule has 0 bridgehead atoms. The fraction of sp³-hybridized carbons (Fsp3) is 0.333. The van der Waals surface area contributed by atoms with Crippen molar-refractivity contribution in [1.29, 1.82) is 0 Å². The van der Waals surface area contributed by atoms with Gasteiger partial charge in [-0.25, -0.2) is 4.79 Å². The Morgan fingerprint density at radius 3 is 2.43 bits per heavy atom. The Morgan fingerprint density at radius 1 is 1.35 bits per heavy atom. The predicted molar refractivity (Wildman–Crippen MR) is 83.5 cm³/mol. The van der Waals surface area contributed by atoms with Gasteiger partial charge in [-0.1, -0.05) is 11.6 Å². The van der Waals surface area contributed by atoms with Gasteiger partial charge in [0.15, 0.2) is 0 Å². The highest BCUT2D eigenvalue weighted by Gasteiger charge is 2.19. The Labute approximate surface area is 137 Å². The van der Waals surface area contributed by atoms with E-state index < -0.39 is 33.1 Å². The highest BCUT2D eigenvalue weighted by Crippen LogP contribution is 2.27. The van der Waals surface area contributed by atoms with E-state index in [1.807, 2.05) is 0 Å². The topological polar surface area (TPSA) is 145 Å². The molecule has 0 radical (unpaired) electrons. The lowest BCUT2D eigenvalue weighted by atomic mass is 10.2. The smallest absolute Gasteiger partial charge is 0.322 e. The van der Waals surface area contributed by atoms with Crippen molar-refractivity contribution in [2.75, 3.05) is 18.9 Å². The first-order valence-electron chi connectivity index (χ1n) is 6.28. The number of benzene rings is 1. The first kappa shape index (κ1) is 19.2. The van der Waals surface area contributed by atoms with Crippen molar-refractivity contribution < 1.29 is 27.7 Å². The minimum Gasteiger partial charge on any atom is -0.480 e. The monoisotopic (exact) mass is 365 g/mol. The number of hydrogen-bond acceptors (Lipinski definition) is 5. The van der Waals surface area contributed by atoms with Crippen molar-refractivity contribution in [3.05, 3.63) is 22.7 Å². The minimum atomic E-state index is -4.50. The average molecular weight is 366 g/mol. The summed E-state index contributed by atoms with van der Waals surface area (Å²) in [7, 11) is -3.07. The zero-order valence-electron chi connectivity index (χ0n) is 12.3. The first-order valence-corrected chi connectivity index (χ1v) is 8.10. The number of amides is 2. The molecule has 5 N–H and O–H groups in total. The van der Waals surface area contributed by atoms with Crippen LogP contribution in [0, 0.1) is 6.92 Å². The summed E-state index contributed by atoms with van der Waals surface area (Å²) in [6.07, 6.45) is 0. The summed E-state index contributed by atoms with van der Waals surface area (Å²) < 4.78 is 31.7. The van der Waals surface area contributed by atoms with Gasteiger partial charge in [-0.15, -0.1) is 0 Å². The summed E-state index contributed by atoms with van der Waals surface area (Å²) in [5, 5.41) is 16.0. The van der Waals surface area contributed by atoms with Gasteiger partial charge in [-0.05, 0) is 31.7 Å². The Bertz CT molecular complexity index is 722. The van der Waals surface area contributed by atoms with Crippen molar-refractivity contribution in [2.24, 2.45) is 0 Å². The molecule has 9 nitrogen and oxygen atoms in total. The van der Waals surface area contributed by atoms with Crippen molar-refractivity contribution in [3.8, 4) is 0 Å². The quantitative estimate of drug-likeness (QED) is 0.466. The molecule has 1 atom stereocenters. The second kappa shape index (κ2) is 7.59. The van der Waals surface area contributed by atoms with Crippen LogP contribution in [0.15, 0.2) is 17.0 Å². The zero-order valence-corrected chi connectivity index (χ0v) is 13.8. The van der Waals surface area contributed by atoms with Gasteiger partial charge < -0.3 is 21.1 Å². The van der Waals surface area contributed by atoms with Crippen LogP contribution in [-0.4, -0.2) is 49.7 Å². The highest BCUT2D eigenvalue weighted by atomic mass is 35.5. The number of carboxylic acids is 1. The second-order valence-electron chi connectivity index (χ2n) is 4.57. The van der Waals surface area contributed by atoms with Gasteiger partial charge in [0.1, 0.15) is 10.9 Å². The molecule has 1 aromatic carbocycles.